The van der Waals surface area contributed by atoms with Gasteiger partial charge in [-0.2, -0.15) is 0 Å². The molecule has 0 aromatic heterocycles. The first-order chi connectivity index (χ1) is 17.6. The molecule has 0 heterocycles. The van der Waals surface area contributed by atoms with Crippen molar-refractivity contribution in [3.05, 3.63) is 83.9 Å². The van der Waals surface area contributed by atoms with Crippen LogP contribution in [0, 0.1) is 0 Å². The first-order valence-corrected chi connectivity index (χ1v) is 14.8. The van der Waals surface area contributed by atoms with Crippen LogP contribution in [0.2, 0.25) is 0 Å². The Morgan fingerprint density at radius 3 is 1.24 bits per heavy atom. The van der Waals surface area contributed by atoms with Gasteiger partial charge in [-0.1, -0.05) is 60.7 Å². The molecule has 0 aliphatic rings. The molecule has 3 rings (SSSR count). The summed E-state index contributed by atoms with van der Waals surface area (Å²) in [5.74, 6) is 0. The zero-order valence-electron chi connectivity index (χ0n) is 21.7. The number of benzene rings is 3. The monoisotopic (exact) mass is 566 g/mol. The molecule has 0 saturated heterocycles. The molecule has 0 aliphatic heterocycles. The molecule has 10 nitrogen and oxygen atoms in total. The lowest BCUT2D eigenvalue weighted by Gasteiger charge is -2.15. The molecule has 2 atom stereocenters. The lowest BCUT2D eigenvalue weighted by Crippen LogP contribution is -2.59. The van der Waals surface area contributed by atoms with Gasteiger partial charge >= 0.3 is 0 Å². The van der Waals surface area contributed by atoms with E-state index < -0.39 is 41.4 Å². The van der Waals surface area contributed by atoms with E-state index in [4.69, 9.17) is 11.5 Å². The summed E-state index contributed by atoms with van der Waals surface area (Å²) >= 11 is 0. The Hall–Kier alpha value is -3.00. The van der Waals surface area contributed by atoms with Gasteiger partial charge in [0, 0.05) is 12.8 Å². The molecule has 0 aliphatic carbocycles. The van der Waals surface area contributed by atoms with E-state index >= 15 is 0 Å². The summed E-state index contributed by atoms with van der Waals surface area (Å²) < 4.78 is 64.0. The summed E-state index contributed by atoms with van der Waals surface area (Å²) in [5, 5.41) is 0. The molecule has 3 aromatic carbocycles. The van der Waals surface area contributed by atoms with Crippen molar-refractivity contribution in [2.45, 2.75) is 61.4 Å². The van der Waals surface area contributed by atoms with E-state index in [9.17, 15) is 25.9 Å². The quantitative estimate of drug-likeness (QED) is 0.228. The lowest BCUT2D eigenvalue weighted by molar-refractivity contribution is -0.415. The number of hydrogen-bond donors (Lipinski definition) is 4. The molecular formula is C26H38N4O6S2. The fourth-order valence-corrected chi connectivity index (χ4v) is 4.44. The largest absolute Gasteiger partial charge is 0.744 e. The smallest absolute Gasteiger partial charge is 0.126 e. The maximum atomic E-state index is 10.7. The molecule has 0 saturated carbocycles. The average molecular weight is 567 g/mol. The van der Waals surface area contributed by atoms with E-state index in [1.807, 2.05) is 0 Å². The second kappa shape index (κ2) is 15.4. The van der Waals surface area contributed by atoms with Crippen LogP contribution in [0.4, 0.5) is 11.4 Å². The van der Waals surface area contributed by atoms with E-state index in [1.54, 1.807) is 0 Å². The summed E-state index contributed by atoms with van der Waals surface area (Å²) in [4.78, 5) is -1.98. The minimum absolute atomic E-state index is 0.356. The van der Waals surface area contributed by atoms with Crippen LogP contribution in [0.3, 0.4) is 0 Å². The Balaban J connectivity index is 0.000000293. The summed E-state index contributed by atoms with van der Waals surface area (Å²) in [6, 6.07) is 23.3. The van der Waals surface area contributed by atoms with Crippen molar-refractivity contribution >= 4 is 31.6 Å². The van der Waals surface area contributed by atoms with Crippen molar-refractivity contribution in [2.24, 2.45) is 0 Å². The van der Waals surface area contributed by atoms with Crippen LogP contribution in [0.1, 0.15) is 37.8 Å². The highest BCUT2D eigenvalue weighted by Crippen LogP contribution is 2.27. The molecule has 0 fully saturated rings. The van der Waals surface area contributed by atoms with Crippen molar-refractivity contribution < 1.29 is 37.4 Å². The number of nitrogens with two attached hydrogens (primary N) is 2. The molecule has 0 amide bonds. The SMILES string of the molecule is CC([NH3+])CCc1ccccc1.CC([NH3+])CCc1ccccc1.Nc1cc(N)c(S(=O)(=O)[O-])cc1S(=O)(=O)[O-]. The van der Waals surface area contributed by atoms with Gasteiger partial charge in [-0.25, -0.2) is 16.8 Å². The highest BCUT2D eigenvalue weighted by molar-refractivity contribution is 7.86. The fourth-order valence-electron chi connectivity index (χ4n) is 3.14. The fraction of sp³-hybridized carbons (Fsp3) is 0.308. The van der Waals surface area contributed by atoms with Crippen molar-refractivity contribution in [3.63, 3.8) is 0 Å². The van der Waals surface area contributed by atoms with E-state index in [0.717, 1.165) is 18.9 Å². The standard InChI is InChI=1S/2C10H15N.C6H8N2O6S2/c2*1-9(11)7-8-10-5-3-2-4-6-10;7-3-1-4(8)6(16(12,13)14)2-5(3)15(9,10)11/h2*2-6,9H,7-8,11H2,1H3;1-2H,7-8H2,(H,9,10,11)(H,12,13,14). The van der Waals surface area contributed by atoms with E-state index in [0.29, 0.717) is 18.2 Å². The van der Waals surface area contributed by atoms with Gasteiger partial charge in [0.25, 0.3) is 0 Å². The molecule has 0 radical (unpaired) electrons. The molecule has 38 heavy (non-hydrogen) atoms. The zero-order valence-corrected chi connectivity index (χ0v) is 23.4. The highest BCUT2D eigenvalue weighted by atomic mass is 32.2. The summed E-state index contributed by atoms with van der Waals surface area (Å²) in [6.45, 7) is 4.31. The Morgan fingerprint density at radius 1 is 0.658 bits per heavy atom. The summed E-state index contributed by atoms with van der Waals surface area (Å²) in [6.07, 6.45) is 4.69. The number of aryl methyl sites for hydroxylation is 2. The molecule has 3 aromatic rings. The average Bonchev–Trinajstić information content (AvgIpc) is 2.82. The van der Waals surface area contributed by atoms with Gasteiger partial charge in [0.15, 0.2) is 0 Å². The molecule has 0 bridgehead atoms. The van der Waals surface area contributed by atoms with Crippen LogP contribution in [-0.2, 0) is 33.1 Å². The Bertz CT molecular complexity index is 1230. The van der Waals surface area contributed by atoms with Crippen LogP contribution in [0.5, 0.6) is 0 Å². The van der Waals surface area contributed by atoms with E-state index in [-0.39, 0.29) is 0 Å². The molecule has 10 N–H and O–H groups in total. The third-order valence-electron chi connectivity index (χ3n) is 5.22. The van der Waals surface area contributed by atoms with Crippen molar-refractivity contribution in [1.82, 2.24) is 0 Å². The van der Waals surface area contributed by atoms with Crippen LogP contribution < -0.4 is 22.9 Å². The highest BCUT2D eigenvalue weighted by Gasteiger charge is 2.14. The first-order valence-electron chi connectivity index (χ1n) is 12.0. The van der Waals surface area contributed by atoms with E-state index in [2.05, 4.69) is 86.0 Å². The lowest BCUT2D eigenvalue weighted by atomic mass is 10.1. The maximum Gasteiger partial charge on any atom is 0.126 e. The van der Waals surface area contributed by atoms with Gasteiger partial charge in [-0.3, -0.25) is 0 Å². The predicted octanol–water partition coefficient (Wildman–Crippen LogP) is 1.16. The Kier molecular flexibility index (Phi) is 13.4. The van der Waals surface area contributed by atoms with Crippen molar-refractivity contribution in [3.8, 4) is 0 Å². The number of anilines is 2. The van der Waals surface area contributed by atoms with Crippen LogP contribution in [-0.4, -0.2) is 38.0 Å². The van der Waals surface area contributed by atoms with Crippen molar-refractivity contribution in [2.75, 3.05) is 11.5 Å². The summed E-state index contributed by atoms with van der Waals surface area (Å²) in [5.41, 5.74) is 20.0. The van der Waals surface area contributed by atoms with Gasteiger partial charge < -0.3 is 32.0 Å². The normalized spacial score (nSPS) is 12.8. The van der Waals surface area contributed by atoms with Gasteiger partial charge in [0.2, 0.25) is 0 Å². The van der Waals surface area contributed by atoms with Crippen molar-refractivity contribution in [1.29, 1.82) is 0 Å². The predicted molar refractivity (Wildman–Crippen MR) is 145 cm³/mol. The van der Waals surface area contributed by atoms with Crippen LogP contribution in [0.25, 0.3) is 0 Å². The second-order valence-corrected chi connectivity index (χ2v) is 11.8. The molecule has 12 heteroatoms. The van der Waals surface area contributed by atoms with Gasteiger partial charge in [0.05, 0.1) is 33.2 Å². The van der Waals surface area contributed by atoms with Crippen LogP contribution in [0.15, 0.2) is 82.6 Å². The Morgan fingerprint density at radius 2 is 0.974 bits per heavy atom. The molecular weight excluding hydrogens is 528 g/mol. The number of rotatable bonds is 8. The molecule has 2 unspecified atom stereocenters. The van der Waals surface area contributed by atoms with Gasteiger partial charge in [-0.15, -0.1) is 0 Å². The molecule has 210 valence electrons. The zero-order chi connectivity index (χ0) is 28.9. The second-order valence-electron chi connectivity index (χ2n) is 9.09. The first kappa shape index (κ1) is 33.0. The minimum Gasteiger partial charge on any atom is -0.744 e. The van der Waals surface area contributed by atoms with E-state index in [1.165, 1.54) is 24.0 Å². The molecule has 0 spiro atoms. The minimum atomic E-state index is -4.97. The maximum absolute atomic E-state index is 10.7. The number of quaternary nitrogens is 2. The number of nitrogen functional groups attached to an aromatic ring is 2. The number of hydrogen-bond acceptors (Lipinski definition) is 8. The third kappa shape index (κ3) is 13.0. The Labute approximate surface area is 225 Å². The van der Waals surface area contributed by atoms with Crippen LogP contribution >= 0.6 is 0 Å². The topological polar surface area (TPSA) is 222 Å². The van der Waals surface area contributed by atoms with Gasteiger partial charge in [-0.05, 0) is 49.9 Å². The summed E-state index contributed by atoms with van der Waals surface area (Å²) in [7, 11) is -9.93. The third-order valence-corrected chi connectivity index (χ3v) is 7.00. The van der Waals surface area contributed by atoms with Gasteiger partial charge in [0.1, 0.15) is 20.2 Å².